The van der Waals surface area contributed by atoms with E-state index in [0.29, 0.717) is 61.6 Å². The molecule has 14 nitrogen and oxygen atoms in total. The molecule has 0 saturated carbocycles. The van der Waals surface area contributed by atoms with Crippen LogP contribution >= 0.6 is 0 Å². The monoisotopic (exact) mass is 610 g/mol. The fraction of sp³-hybridized carbons (Fsp3) is 0.500. The van der Waals surface area contributed by atoms with E-state index in [1.54, 1.807) is 25.2 Å². The molecule has 0 atom stereocenters. The second-order valence-electron chi connectivity index (χ2n) is 8.66. The maximum absolute atomic E-state index is 13.3. The van der Waals surface area contributed by atoms with Crippen LogP contribution in [0.25, 0.3) is 22.4 Å². The summed E-state index contributed by atoms with van der Waals surface area (Å²) >= 11 is 0. The van der Waals surface area contributed by atoms with Crippen molar-refractivity contribution in [1.82, 2.24) is 29.0 Å². The van der Waals surface area contributed by atoms with Gasteiger partial charge in [-0.15, -0.1) is 0 Å². The van der Waals surface area contributed by atoms with Crippen molar-refractivity contribution in [1.29, 1.82) is 0 Å². The average Bonchev–Trinajstić information content (AvgIpc) is 3.14. The number of hydrogen-bond acceptors (Lipinski definition) is 10. The van der Waals surface area contributed by atoms with E-state index in [1.165, 1.54) is 8.99 Å². The van der Waals surface area contributed by atoms with E-state index >= 15 is 0 Å². The Kier molecular flexibility index (Phi) is 12.3. The zero-order valence-electron chi connectivity index (χ0n) is 22.5. The Bertz CT molecular complexity index is 1560. The third-order valence-electron chi connectivity index (χ3n) is 5.86. The second-order valence-corrected chi connectivity index (χ2v) is 11.5. The van der Waals surface area contributed by atoms with Crippen molar-refractivity contribution < 1.29 is 82.1 Å². The van der Waals surface area contributed by atoms with E-state index in [0.717, 1.165) is 12.1 Å². The van der Waals surface area contributed by atoms with Crippen LogP contribution in [0.3, 0.4) is 0 Å². The van der Waals surface area contributed by atoms with Crippen LogP contribution in [-0.2, 0) is 33.9 Å². The minimum atomic E-state index is -4.92. The van der Waals surface area contributed by atoms with Gasteiger partial charge in [-0.3, -0.25) is 14.0 Å². The van der Waals surface area contributed by atoms with Crippen LogP contribution < -0.4 is 61.7 Å². The van der Waals surface area contributed by atoms with Gasteiger partial charge in [0, 0.05) is 33.2 Å². The van der Waals surface area contributed by atoms with Crippen molar-refractivity contribution in [3.05, 3.63) is 34.2 Å². The number of aromatic amines is 1. The second kappa shape index (κ2) is 14.1. The fourth-order valence-corrected chi connectivity index (χ4v) is 5.54. The SMILES string of the molecule is CCCc1nn(C)c2c(=O)[nH]c(-c3cc(S(=O)(=O)N4CCN(C)CC4)ccc3OCC)nc12.O=S(=O)([O-])O.[K+]. The maximum atomic E-state index is 13.3. The van der Waals surface area contributed by atoms with Crippen LogP contribution in [0.2, 0.25) is 0 Å². The number of hydrogen-bond donors (Lipinski definition) is 2. The van der Waals surface area contributed by atoms with Crippen molar-refractivity contribution in [2.45, 2.75) is 31.6 Å². The summed E-state index contributed by atoms with van der Waals surface area (Å²) in [4.78, 5) is 22.7. The average molecular weight is 611 g/mol. The van der Waals surface area contributed by atoms with Crippen LogP contribution in [0.4, 0.5) is 0 Å². The van der Waals surface area contributed by atoms with Gasteiger partial charge >= 0.3 is 51.4 Å². The minimum absolute atomic E-state index is 0. The van der Waals surface area contributed by atoms with Crippen molar-refractivity contribution in [2.75, 3.05) is 39.8 Å². The first kappa shape index (κ1) is 34.0. The third kappa shape index (κ3) is 8.62. The third-order valence-corrected chi connectivity index (χ3v) is 7.75. The molecule has 17 heteroatoms. The molecule has 3 aromatic rings. The smallest absolute Gasteiger partial charge is 0.726 e. The van der Waals surface area contributed by atoms with Gasteiger partial charge in [-0.25, -0.2) is 21.8 Å². The minimum Gasteiger partial charge on any atom is -0.726 e. The number of fused-ring (bicyclic) bond motifs is 1. The standard InChI is InChI=1S/C22H30N6O4S.K.H2O4S/c1-5-7-17-19-20(27(4)25-17)22(29)24-21(23-19)16-14-15(8-9-18(16)32-6-2)33(30,31)28-12-10-26(3)11-13-28;;1-5(2,3)4/h8-9,14H,5-7,10-13H2,1-4H3,(H,23,24,29);;(H2,1,2,3,4)/q;+1;/p-1. The van der Waals surface area contributed by atoms with Crippen LogP contribution in [-0.4, -0.2) is 94.7 Å². The number of sulfonamides is 1. The number of nitrogens with one attached hydrogen (secondary N) is 1. The van der Waals surface area contributed by atoms with Gasteiger partial charge in [-0.1, -0.05) is 13.3 Å². The van der Waals surface area contributed by atoms with Gasteiger partial charge in [0.2, 0.25) is 20.4 Å². The molecule has 1 aromatic carbocycles. The number of rotatable bonds is 7. The summed E-state index contributed by atoms with van der Waals surface area (Å²) in [6, 6.07) is 4.71. The van der Waals surface area contributed by atoms with Crippen molar-refractivity contribution in [3.63, 3.8) is 0 Å². The molecule has 0 amide bonds. The van der Waals surface area contributed by atoms with Crippen LogP contribution in [0, 0.1) is 0 Å². The van der Waals surface area contributed by atoms with Gasteiger partial charge in [0.15, 0.2) is 5.52 Å². The number of aromatic nitrogens is 4. The molecule has 39 heavy (non-hydrogen) atoms. The zero-order valence-corrected chi connectivity index (χ0v) is 27.3. The molecule has 1 aliphatic heterocycles. The van der Waals surface area contributed by atoms with Crippen LogP contribution in [0.5, 0.6) is 5.75 Å². The Morgan fingerprint density at radius 3 is 2.28 bits per heavy atom. The van der Waals surface area contributed by atoms with E-state index in [4.69, 9.17) is 27.2 Å². The van der Waals surface area contributed by atoms with Gasteiger partial charge in [0.05, 0.1) is 22.8 Å². The molecule has 1 aliphatic rings. The van der Waals surface area contributed by atoms with Crippen LogP contribution in [0.15, 0.2) is 27.9 Å². The number of benzene rings is 1. The summed E-state index contributed by atoms with van der Waals surface area (Å²) in [7, 11) is -4.92. The summed E-state index contributed by atoms with van der Waals surface area (Å²) in [5.41, 5.74) is 1.75. The quantitative estimate of drug-likeness (QED) is 0.165. The molecule has 2 aromatic heterocycles. The summed E-state index contributed by atoms with van der Waals surface area (Å²) in [6.45, 7) is 6.48. The van der Waals surface area contributed by atoms with Gasteiger partial charge < -0.3 is 19.2 Å². The molecular formula is C22H31KN6O8S2. The Morgan fingerprint density at radius 1 is 1.10 bits per heavy atom. The topological polar surface area (TPSA) is 191 Å². The van der Waals surface area contributed by atoms with Crippen molar-refractivity contribution in [3.8, 4) is 17.1 Å². The summed E-state index contributed by atoms with van der Waals surface area (Å²) in [6.07, 6.45) is 1.54. The fourth-order valence-electron chi connectivity index (χ4n) is 4.09. The van der Waals surface area contributed by atoms with E-state index in [9.17, 15) is 13.2 Å². The number of ether oxygens (including phenoxy) is 1. The van der Waals surface area contributed by atoms with Gasteiger partial charge in [-0.2, -0.15) is 9.40 Å². The molecule has 210 valence electrons. The van der Waals surface area contributed by atoms with Crippen molar-refractivity contribution >= 4 is 31.5 Å². The molecule has 2 N–H and O–H groups in total. The first-order valence-corrected chi connectivity index (χ1v) is 14.7. The number of nitrogens with zero attached hydrogens (tertiary/aromatic N) is 5. The summed E-state index contributed by atoms with van der Waals surface area (Å²) < 4.78 is 68.3. The normalized spacial score (nSPS) is 14.9. The Hall–Kier alpha value is -1.25. The first-order chi connectivity index (χ1) is 17.8. The number of piperazine rings is 1. The van der Waals surface area contributed by atoms with Gasteiger partial charge in [0.25, 0.3) is 5.56 Å². The Morgan fingerprint density at radius 2 is 1.72 bits per heavy atom. The number of H-pyrrole nitrogens is 1. The van der Waals surface area contributed by atoms with Gasteiger partial charge in [0.1, 0.15) is 17.1 Å². The molecule has 1 fully saturated rings. The molecule has 0 bridgehead atoms. The first-order valence-electron chi connectivity index (χ1n) is 11.9. The maximum Gasteiger partial charge on any atom is 1.00 e. The molecule has 0 unspecified atom stereocenters. The Labute approximate surface area is 269 Å². The number of likely N-dealkylation sites (N-methyl/N-ethyl adjacent to an activating group) is 1. The molecule has 0 aliphatic carbocycles. The number of aryl methyl sites for hydroxylation is 2. The van der Waals surface area contributed by atoms with Gasteiger partial charge in [-0.05, 0) is 38.6 Å². The molecular weight excluding hydrogens is 580 g/mol. The summed E-state index contributed by atoms with van der Waals surface area (Å²) in [5, 5.41) is 4.45. The van der Waals surface area contributed by atoms with Crippen LogP contribution in [0.1, 0.15) is 26.0 Å². The molecule has 1 saturated heterocycles. The Balaban J connectivity index is 0.000000816. The molecule has 0 radical (unpaired) electrons. The molecule has 0 spiro atoms. The van der Waals surface area contributed by atoms with E-state index < -0.39 is 20.4 Å². The largest absolute Gasteiger partial charge is 1.00 e. The molecule has 4 rings (SSSR count). The predicted octanol–water partition coefficient (Wildman–Crippen LogP) is -2.38. The molecule has 3 heterocycles. The predicted molar refractivity (Wildman–Crippen MR) is 138 cm³/mol. The van der Waals surface area contributed by atoms with E-state index in [1.807, 2.05) is 20.9 Å². The van der Waals surface area contributed by atoms with E-state index in [-0.39, 0.29) is 67.7 Å². The van der Waals surface area contributed by atoms with Crippen molar-refractivity contribution in [2.24, 2.45) is 7.05 Å². The summed E-state index contributed by atoms with van der Waals surface area (Å²) in [5.74, 6) is 0.718. The zero-order chi connectivity index (χ0) is 28.3. The van der Waals surface area contributed by atoms with E-state index in [2.05, 4.69) is 15.0 Å².